The van der Waals surface area contributed by atoms with Crippen LogP contribution in [0.15, 0.2) is 61.1 Å². The summed E-state index contributed by atoms with van der Waals surface area (Å²) >= 11 is 0. The monoisotopic (exact) mass is 446 g/mol. The highest BCUT2D eigenvalue weighted by Gasteiger charge is 2.34. The number of halogens is 4. The molecule has 1 aliphatic rings. The van der Waals surface area contributed by atoms with Crippen molar-refractivity contribution in [3.05, 3.63) is 72.2 Å². The number of nitrogens with one attached hydrogen (secondary N) is 2. The molecule has 4 rings (SSSR count). The molecule has 0 aliphatic heterocycles. The maximum Gasteiger partial charge on any atom is 0.416 e. The van der Waals surface area contributed by atoms with Crippen LogP contribution in [-0.4, -0.2) is 17.0 Å². The molecule has 0 bridgehead atoms. The number of hydrogen-bond donors (Lipinski definition) is 2. The van der Waals surface area contributed by atoms with E-state index in [4.69, 9.17) is 4.74 Å². The Hall–Kier alpha value is -3.29. The first-order valence-electron chi connectivity index (χ1n) is 10.3. The molecule has 1 heterocycles. The SMILES string of the molecule is C=C(F)CCC(=O)Nc1c[nH]c2ccc(O[C@H]3C[C@H](c4ccc(C(F)(F)F)cc4)C3)cc12. The molecule has 1 aromatic heterocycles. The Morgan fingerprint density at radius 2 is 1.84 bits per heavy atom. The van der Waals surface area contributed by atoms with Gasteiger partial charge in [-0.1, -0.05) is 18.7 Å². The van der Waals surface area contributed by atoms with Gasteiger partial charge in [0.25, 0.3) is 0 Å². The fraction of sp³-hybridized carbons (Fsp3) is 0.292. The van der Waals surface area contributed by atoms with Crippen LogP contribution >= 0.6 is 0 Å². The molecule has 2 aromatic carbocycles. The molecule has 1 aliphatic carbocycles. The Kier molecular flexibility index (Phi) is 5.95. The molecule has 8 heteroatoms. The molecular weight excluding hydrogens is 424 g/mol. The highest BCUT2D eigenvalue weighted by Crippen LogP contribution is 2.41. The number of benzene rings is 2. The van der Waals surface area contributed by atoms with Crippen LogP contribution < -0.4 is 10.1 Å². The van der Waals surface area contributed by atoms with Gasteiger partial charge in [-0.25, -0.2) is 4.39 Å². The van der Waals surface area contributed by atoms with Crippen LogP contribution in [0.25, 0.3) is 10.9 Å². The zero-order valence-corrected chi connectivity index (χ0v) is 17.1. The average Bonchev–Trinajstić information content (AvgIpc) is 3.10. The lowest BCUT2D eigenvalue weighted by molar-refractivity contribution is -0.137. The van der Waals surface area contributed by atoms with Gasteiger partial charge in [-0.2, -0.15) is 13.2 Å². The fourth-order valence-corrected chi connectivity index (χ4v) is 3.81. The van der Waals surface area contributed by atoms with E-state index in [9.17, 15) is 22.4 Å². The van der Waals surface area contributed by atoms with Crippen LogP contribution in [-0.2, 0) is 11.0 Å². The lowest BCUT2D eigenvalue weighted by atomic mass is 9.77. The second-order valence-electron chi connectivity index (χ2n) is 8.00. The van der Waals surface area contributed by atoms with Crippen molar-refractivity contribution < 1.29 is 27.1 Å². The quantitative estimate of drug-likeness (QED) is 0.396. The van der Waals surface area contributed by atoms with Crippen LogP contribution in [0.5, 0.6) is 5.75 Å². The number of carbonyl (C=O) groups excluding carboxylic acids is 1. The van der Waals surface area contributed by atoms with Crippen molar-refractivity contribution in [3.8, 4) is 5.75 Å². The van der Waals surface area contributed by atoms with Crippen molar-refractivity contribution in [3.63, 3.8) is 0 Å². The molecule has 0 saturated heterocycles. The zero-order chi connectivity index (χ0) is 22.9. The molecule has 1 amide bonds. The number of anilines is 1. The van der Waals surface area contributed by atoms with E-state index >= 15 is 0 Å². The maximum absolute atomic E-state index is 12.8. The first-order chi connectivity index (χ1) is 15.2. The van der Waals surface area contributed by atoms with Gasteiger partial charge in [-0.05, 0) is 54.7 Å². The summed E-state index contributed by atoms with van der Waals surface area (Å²) in [6, 6.07) is 10.8. The smallest absolute Gasteiger partial charge is 0.416 e. The molecular formula is C24H22F4N2O2. The predicted molar refractivity (Wildman–Crippen MR) is 114 cm³/mol. The van der Waals surface area contributed by atoms with Gasteiger partial charge in [0, 0.05) is 29.9 Å². The number of hydrogen-bond acceptors (Lipinski definition) is 2. The minimum Gasteiger partial charge on any atom is -0.490 e. The van der Waals surface area contributed by atoms with E-state index in [2.05, 4.69) is 16.9 Å². The molecule has 1 saturated carbocycles. The van der Waals surface area contributed by atoms with Gasteiger partial charge >= 0.3 is 6.18 Å². The van der Waals surface area contributed by atoms with Crippen molar-refractivity contribution >= 4 is 22.5 Å². The summed E-state index contributed by atoms with van der Waals surface area (Å²) in [4.78, 5) is 15.1. The molecule has 0 radical (unpaired) electrons. The van der Waals surface area contributed by atoms with Gasteiger partial charge in [-0.15, -0.1) is 0 Å². The van der Waals surface area contributed by atoms with E-state index in [0.717, 1.165) is 28.6 Å². The van der Waals surface area contributed by atoms with Crippen molar-refractivity contribution in [1.29, 1.82) is 0 Å². The summed E-state index contributed by atoms with van der Waals surface area (Å²) in [6.07, 6.45) is -1.29. The molecule has 0 spiro atoms. The molecule has 168 valence electrons. The predicted octanol–water partition coefficient (Wildman–Crippen LogP) is 6.71. The lowest BCUT2D eigenvalue weighted by Crippen LogP contribution is -2.32. The molecule has 0 atom stereocenters. The number of carbonyl (C=O) groups is 1. The van der Waals surface area contributed by atoms with E-state index < -0.39 is 17.6 Å². The third kappa shape index (κ3) is 4.95. The molecule has 3 aromatic rings. The number of rotatable bonds is 7. The average molecular weight is 446 g/mol. The van der Waals surface area contributed by atoms with Crippen molar-refractivity contribution in [2.75, 3.05) is 5.32 Å². The van der Waals surface area contributed by atoms with Gasteiger partial charge in [-0.3, -0.25) is 4.79 Å². The van der Waals surface area contributed by atoms with E-state index in [1.807, 2.05) is 18.2 Å². The number of fused-ring (bicyclic) bond motifs is 1. The van der Waals surface area contributed by atoms with E-state index in [-0.39, 0.29) is 30.8 Å². The normalized spacial score (nSPS) is 18.2. The number of allylic oxidation sites excluding steroid dienone is 1. The Morgan fingerprint density at radius 1 is 1.12 bits per heavy atom. The van der Waals surface area contributed by atoms with Crippen molar-refractivity contribution in [2.45, 2.75) is 43.9 Å². The van der Waals surface area contributed by atoms with Crippen LogP contribution in [0.4, 0.5) is 23.2 Å². The van der Waals surface area contributed by atoms with Crippen molar-refractivity contribution in [2.24, 2.45) is 0 Å². The second-order valence-corrected chi connectivity index (χ2v) is 8.00. The first-order valence-corrected chi connectivity index (χ1v) is 10.3. The minimum atomic E-state index is -4.33. The fourth-order valence-electron chi connectivity index (χ4n) is 3.81. The Morgan fingerprint density at radius 3 is 2.50 bits per heavy atom. The van der Waals surface area contributed by atoms with Gasteiger partial charge in [0.05, 0.1) is 23.2 Å². The molecule has 4 nitrogen and oxygen atoms in total. The van der Waals surface area contributed by atoms with Crippen LogP contribution in [0, 0.1) is 0 Å². The number of amides is 1. The van der Waals surface area contributed by atoms with Gasteiger partial charge in [0.15, 0.2) is 0 Å². The Bertz CT molecular complexity index is 1130. The second kappa shape index (κ2) is 8.68. The summed E-state index contributed by atoms with van der Waals surface area (Å²) in [5.74, 6) is -0.0433. The minimum absolute atomic E-state index is 0.00557. The summed E-state index contributed by atoms with van der Waals surface area (Å²) < 4.78 is 56.9. The topological polar surface area (TPSA) is 54.1 Å². The molecule has 2 N–H and O–H groups in total. The highest BCUT2D eigenvalue weighted by molar-refractivity contribution is 6.02. The number of aromatic amines is 1. The molecule has 32 heavy (non-hydrogen) atoms. The van der Waals surface area contributed by atoms with E-state index in [1.54, 1.807) is 6.20 Å². The Labute approximate surface area is 182 Å². The summed E-state index contributed by atoms with van der Waals surface area (Å²) in [6.45, 7) is 3.15. The number of aromatic nitrogens is 1. The van der Waals surface area contributed by atoms with E-state index in [1.165, 1.54) is 12.1 Å². The third-order valence-electron chi connectivity index (χ3n) is 5.66. The van der Waals surface area contributed by atoms with Crippen LogP contribution in [0.3, 0.4) is 0 Å². The van der Waals surface area contributed by atoms with Gasteiger partial charge in [0.2, 0.25) is 5.91 Å². The summed E-state index contributed by atoms with van der Waals surface area (Å²) in [5.41, 5.74) is 1.63. The molecule has 1 fully saturated rings. The van der Waals surface area contributed by atoms with E-state index in [0.29, 0.717) is 24.3 Å². The van der Waals surface area contributed by atoms with Gasteiger partial charge in [0.1, 0.15) is 5.75 Å². The number of alkyl halides is 3. The van der Waals surface area contributed by atoms with Crippen molar-refractivity contribution in [1.82, 2.24) is 4.98 Å². The largest absolute Gasteiger partial charge is 0.490 e. The number of H-pyrrole nitrogens is 1. The number of ether oxygens (including phenoxy) is 1. The summed E-state index contributed by atoms with van der Waals surface area (Å²) in [7, 11) is 0. The summed E-state index contributed by atoms with van der Waals surface area (Å²) in [5, 5.41) is 3.53. The maximum atomic E-state index is 12.8. The third-order valence-corrected chi connectivity index (χ3v) is 5.66. The standard InChI is InChI=1S/C24H22F4N2O2/c1-14(25)2-9-23(31)30-22-13-29-21-8-7-18(12-20(21)22)32-19-10-16(11-19)15-3-5-17(6-4-15)24(26,27)28/h3-8,12-13,16,19,29H,1-2,9-11H2,(H,30,31)/t16-,19-. The van der Waals surface area contributed by atoms with Crippen LogP contribution in [0.1, 0.15) is 42.7 Å². The van der Waals surface area contributed by atoms with Crippen LogP contribution in [0.2, 0.25) is 0 Å². The molecule has 0 unspecified atom stereocenters. The Balaban J connectivity index is 1.36. The van der Waals surface area contributed by atoms with Gasteiger partial charge < -0.3 is 15.0 Å². The lowest BCUT2D eigenvalue weighted by Gasteiger charge is -2.35. The first kappa shape index (κ1) is 21.9. The highest BCUT2D eigenvalue weighted by atomic mass is 19.4. The zero-order valence-electron chi connectivity index (χ0n) is 17.1.